The van der Waals surface area contributed by atoms with Gasteiger partial charge in [0.1, 0.15) is 0 Å². The van der Waals surface area contributed by atoms with Crippen molar-refractivity contribution >= 4 is 22.4 Å². The summed E-state index contributed by atoms with van der Waals surface area (Å²) in [5, 5.41) is 3.44. The molecule has 1 aliphatic rings. The first kappa shape index (κ1) is 23.7. The number of aromatic nitrogens is 1. The van der Waals surface area contributed by atoms with Crippen LogP contribution in [0.5, 0.6) is 28.7 Å². The number of nitrogens with zero attached hydrogens (tertiary/aromatic N) is 1. The maximum Gasteiger partial charge on any atom is 0.257 e. The van der Waals surface area contributed by atoms with Gasteiger partial charge in [0.15, 0.2) is 28.1 Å². The highest BCUT2D eigenvalue weighted by atomic mass is 32.1. The molecule has 2 aromatic carbocycles. The van der Waals surface area contributed by atoms with Crippen LogP contribution in [0.2, 0.25) is 0 Å². The van der Waals surface area contributed by atoms with Crippen LogP contribution in [0.3, 0.4) is 0 Å². The molecule has 3 aromatic rings. The molecule has 0 fully saturated rings. The SMILES string of the molecule is CCOc1cc(C(=O)Nc2nc(C)c(Cc3ccc4c(c3)OCO4)s2)cc(OCC)c1OCC. The minimum absolute atomic E-state index is 0.246. The third kappa shape index (κ3) is 5.20. The van der Waals surface area contributed by atoms with Crippen LogP contribution in [0.25, 0.3) is 0 Å². The Balaban J connectivity index is 1.53. The highest BCUT2D eigenvalue weighted by Gasteiger charge is 2.20. The number of hydrogen-bond acceptors (Lipinski definition) is 8. The van der Waals surface area contributed by atoms with E-state index in [9.17, 15) is 4.79 Å². The molecule has 2 heterocycles. The number of carbonyl (C=O) groups excluding carboxylic acids is 1. The topological polar surface area (TPSA) is 88.1 Å². The first-order valence-corrected chi connectivity index (χ1v) is 12.1. The first-order valence-electron chi connectivity index (χ1n) is 11.2. The summed E-state index contributed by atoms with van der Waals surface area (Å²) in [4.78, 5) is 18.7. The Labute approximate surface area is 202 Å². The van der Waals surface area contributed by atoms with E-state index in [0.29, 0.717) is 54.2 Å². The Morgan fingerprint density at radius 2 is 1.68 bits per heavy atom. The van der Waals surface area contributed by atoms with Crippen molar-refractivity contribution in [2.24, 2.45) is 0 Å². The lowest BCUT2D eigenvalue weighted by atomic mass is 10.1. The number of benzene rings is 2. The van der Waals surface area contributed by atoms with Gasteiger partial charge in [-0.15, -0.1) is 11.3 Å². The Morgan fingerprint density at radius 1 is 1.00 bits per heavy atom. The molecule has 1 aliphatic heterocycles. The first-order chi connectivity index (χ1) is 16.5. The van der Waals surface area contributed by atoms with Crippen LogP contribution >= 0.6 is 11.3 Å². The third-order valence-corrected chi connectivity index (χ3v) is 6.16. The summed E-state index contributed by atoms with van der Waals surface area (Å²) in [6.07, 6.45) is 0.683. The number of aryl methyl sites for hydroxylation is 1. The average Bonchev–Trinajstić information content (AvgIpc) is 3.41. The molecular formula is C25H28N2O6S. The predicted molar refractivity (Wildman–Crippen MR) is 130 cm³/mol. The van der Waals surface area contributed by atoms with Crippen molar-refractivity contribution < 1.29 is 28.5 Å². The largest absolute Gasteiger partial charge is 0.490 e. The van der Waals surface area contributed by atoms with E-state index in [1.54, 1.807) is 12.1 Å². The molecule has 0 bridgehead atoms. The van der Waals surface area contributed by atoms with Gasteiger partial charge >= 0.3 is 0 Å². The number of amides is 1. The monoisotopic (exact) mass is 484 g/mol. The highest BCUT2D eigenvalue weighted by Crippen LogP contribution is 2.39. The molecule has 1 aromatic heterocycles. The molecular weight excluding hydrogens is 456 g/mol. The van der Waals surface area contributed by atoms with Crippen LogP contribution in [0.1, 0.15) is 47.3 Å². The van der Waals surface area contributed by atoms with E-state index >= 15 is 0 Å². The number of ether oxygens (including phenoxy) is 5. The number of fused-ring (bicyclic) bond motifs is 1. The Kier molecular flexibility index (Phi) is 7.42. The molecule has 1 N–H and O–H groups in total. The predicted octanol–water partition coefficient (Wildman–Crippen LogP) is 5.22. The van der Waals surface area contributed by atoms with E-state index in [0.717, 1.165) is 27.6 Å². The second-order valence-electron chi connectivity index (χ2n) is 7.45. The van der Waals surface area contributed by atoms with E-state index in [1.165, 1.54) is 11.3 Å². The standard InChI is InChI=1S/C25H28N2O6S/c1-5-29-20-12-17(13-21(30-6-2)23(20)31-7-3)24(28)27-25-26-15(4)22(34-25)11-16-8-9-18-19(10-16)33-14-32-18/h8-10,12-13H,5-7,11,14H2,1-4H3,(H,26,27,28). The Hall–Kier alpha value is -3.46. The molecule has 0 spiro atoms. The van der Waals surface area contributed by atoms with Crippen LogP contribution in [-0.4, -0.2) is 37.5 Å². The zero-order valence-corrected chi connectivity index (χ0v) is 20.5. The second-order valence-corrected chi connectivity index (χ2v) is 8.53. The second kappa shape index (κ2) is 10.6. The lowest BCUT2D eigenvalue weighted by Gasteiger charge is -2.16. The van der Waals surface area contributed by atoms with Crippen molar-refractivity contribution in [2.45, 2.75) is 34.1 Å². The van der Waals surface area contributed by atoms with Crippen LogP contribution in [0.15, 0.2) is 30.3 Å². The van der Waals surface area contributed by atoms with Gasteiger partial charge in [-0.3, -0.25) is 10.1 Å². The van der Waals surface area contributed by atoms with Crippen LogP contribution in [0, 0.1) is 6.92 Å². The van der Waals surface area contributed by atoms with E-state index in [2.05, 4.69) is 10.3 Å². The summed E-state index contributed by atoms with van der Waals surface area (Å²) in [6.45, 7) is 9.15. The molecule has 9 heteroatoms. The number of rotatable bonds is 10. The molecule has 0 saturated heterocycles. The Bertz CT molecular complexity index is 1150. The van der Waals surface area contributed by atoms with Gasteiger partial charge in [0.25, 0.3) is 5.91 Å². The highest BCUT2D eigenvalue weighted by molar-refractivity contribution is 7.15. The molecule has 180 valence electrons. The van der Waals surface area contributed by atoms with Gasteiger partial charge in [0.05, 0.1) is 25.5 Å². The molecule has 1 amide bonds. The number of nitrogens with one attached hydrogen (secondary N) is 1. The molecule has 0 atom stereocenters. The molecule has 0 saturated carbocycles. The summed E-state index contributed by atoms with van der Waals surface area (Å²) in [5.41, 5.74) is 2.36. The summed E-state index contributed by atoms with van der Waals surface area (Å²) in [6, 6.07) is 9.23. The quantitative estimate of drug-likeness (QED) is 0.422. The molecule has 8 nitrogen and oxygen atoms in total. The number of anilines is 1. The van der Waals surface area contributed by atoms with Crippen molar-refractivity contribution in [3.8, 4) is 28.7 Å². The fourth-order valence-electron chi connectivity index (χ4n) is 3.57. The number of thiazole rings is 1. The summed E-state index contributed by atoms with van der Waals surface area (Å²) in [7, 11) is 0. The van der Waals surface area contributed by atoms with Gasteiger partial charge in [0, 0.05) is 16.9 Å². The van der Waals surface area contributed by atoms with Crippen LogP contribution < -0.4 is 29.0 Å². The van der Waals surface area contributed by atoms with Gasteiger partial charge in [0.2, 0.25) is 12.5 Å². The fourth-order valence-corrected chi connectivity index (χ4v) is 4.56. The van der Waals surface area contributed by atoms with E-state index in [4.69, 9.17) is 23.7 Å². The number of hydrogen-bond donors (Lipinski definition) is 1. The summed E-state index contributed by atoms with van der Waals surface area (Å²) >= 11 is 1.45. The minimum Gasteiger partial charge on any atom is -0.490 e. The zero-order valence-electron chi connectivity index (χ0n) is 19.7. The molecule has 0 unspecified atom stereocenters. The van der Waals surface area contributed by atoms with Gasteiger partial charge in [-0.05, 0) is 57.5 Å². The fraction of sp³-hybridized carbons (Fsp3) is 0.360. The minimum atomic E-state index is -0.298. The molecule has 0 radical (unpaired) electrons. The summed E-state index contributed by atoms with van der Waals surface area (Å²) < 4.78 is 28.0. The van der Waals surface area contributed by atoms with Crippen molar-refractivity contribution in [2.75, 3.05) is 31.9 Å². The van der Waals surface area contributed by atoms with E-state index < -0.39 is 0 Å². The van der Waals surface area contributed by atoms with Crippen molar-refractivity contribution in [1.29, 1.82) is 0 Å². The number of carbonyl (C=O) groups is 1. The maximum absolute atomic E-state index is 13.1. The van der Waals surface area contributed by atoms with Gasteiger partial charge < -0.3 is 23.7 Å². The van der Waals surface area contributed by atoms with Gasteiger partial charge in [-0.1, -0.05) is 6.07 Å². The van der Waals surface area contributed by atoms with Crippen LogP contribution in [0.4, 0.5) is 5.13 Å². The summed E-state index contributed by atoms with van der Waals surface area (Å²) in [5.74, 6) is 2.65. The Morgan fingerprint density at radius 3 is 2.35 bits per heavy atom. The molecule has 4 rings (SSSR count). The lowest BCUT2D eigenvalue weighted by molar-refractivity contribution is 0.102. The van der Waals surface area contributed by atoms with Crippen LogP contribution in [-0.2, 0) is 6.42 Å². The normalized spacial score (nSPS) is 11.9. The maximum atomic E-state index is 13.1. The van der Waals surface area contributed by atoms with Gasteiger partial charge in [-0.2, -0.15) is 0 Å². The van der Waals surface area contributed by atoms with Crippen molar-refractivity contribution in [3.63, 3.8) is 0 Å². The van der Waals surface area contributed by atoms with E-state index in [1.807, 2.05) is 45.9 Å². The van der Waals surface area contributed by atoms with Crippen molar-refractivity contribution in [3.05, 3.63) is 52.0 Å². The molecule has 0 aliphatic carbocycles. The zero-order chi connectivity index (χ0) is 24.1. The van der Waals surface area contributed by atoms with Gasteiger partial charge in [-0.25, -0.2) is 4.98 Å². The third-order valence-electron chi connectivity index (χ3n) is 5.09. The van der Waals surface area contributed by atoms with Crippen molar-refractivity contribution in [1.82, 2.24) is 4.98 Å². The van der Waals surface area contributed by atoms with E-state index in [-0.39, 0.29) is 12.7 Å². The smallest absolute Gasteiger partial charge is 0.257 e. The molecule has 34 heavy (non-hydrogen) atoms. The average molecular weight is 485 g/mol. The lowest BCUT2D eigenvalue weighted by Crippen LogP contribution is -2.13.